The molecule has 0 saturated heterocycles. The number of benzene rings is 2. The van der Waals surface area contributed by atoms with Crippen molar-refractivity contribution in [2.24, 2.45) is 0 Å². The van der Waals surface area contributed by atoms with Crippen LogP contribution in [0.25, 0.3) is 0 Å². The number of carbonyl (C=O) groups excluding carboxylic acids is 1. The van der Waals surface area contributed by atoms with Crippen molar-refractivity contribution < 1.29 is 19.0 Å². The fourth-order valence-corrected chi connectivity index (χ4v) is 2.84. The fourth-order valence-electron chi connectivity index (χ4n) is 2.54. The predicted octanol–water partition coefficient (Wildman–Crippen LogP) is 5.25. The summed E-state index contributed by atoms with van der Waals surface area (Å²) in [4.78, 5) is 12.7. The van der Waals surface area contributed by atoms with Crippen molar-refractivity contribution in [3.05, 3.63) is 57.4 Å². The van der Waals surface area contributed by atoms with Crippen molar-refractivity contribution in [1.29, 1.82) is 5.41 Å². The molecule has 0 fully saturated rings. The molecule has 0 unspecified atom stereocenters. The van der Waals surface area contributed by atoms with Gasteiger partial charge in [-0.3, -0.25) is 4.79 Å². The molecule has 27 heavy (non-hydrogen) atoms. The Morgan fingerprint density at radius 2 is 1.52 bits per heavy atom. The highest BCUT2D eigenvalue weighted by Crippen LogP contribution is 2.38. The van der Waals surface area contributed by atoms with E-state index in [9.17, 15) is 4.79 Å². The van der Waals surface area contributed by atoms with Gasteiger partial charge in [-0.05, 0) is 36.8 Å². The van der Waals surface area contributed by atoms with Crippen LogP contribution in [-0.2, 0) is 0 Å². The second-order valence-electron chi connectivity index (χ2n) is 5.75. The highest BCUT2D eigenvalue weighted by Gasteiger charge is 2.21. The van der Waals surface area contributed by atoms with Gasteiger partial charge in [-0.1, -0.05) is 29.3 Å². The lowest BCUT2D eigenvalue weighted by molar-refractivity contribution is 0.0999. The lowest BCUT2D eigenvalue weighted by atomic mass is 9.91. The van der Waals surface area contributed by atoms with E-state index in [-0.39, 0.29) is 17.9 Å². The molecule has 0 bridgehead atoms. The molecule has 0 aromatic heterocycles. The minimum Gasteiger partial charge on any atom is -0.493 e. The van der Waals surface area contributed by atoms with Crippen LogP contribution in [0.15, 0.2) is 30.3 Å². The first kappa shape index (κ1) is 21.1. The highest BCUT2D eigenvalue weighted by molar-refractivity contribution is 6.42. The summed E-state index contributed by atoms with van der Waals surface area (Å²) in [5.41, 5.74) is 1.30. The van der Waals surface area contributed by atoms with Gasteiger partial charge in [-0.25, -0.2) is 0 Å². The van der Waals surface area contributed by atoms with Crippen molar-refractivity contribution in [2.45, 2.75) is 13.3 Å². The smallest absolute Gasteiger partial charge is 0.203 e. The van der Waals surface area contributed by atoms with Gasteiger partial charge in [0, 0.05) is 23.6 Å². The topological polar surface area (TPSA) is 68.6 Å². The molecule has 0 heterocycles. The number of halogens is 2. The Morgan fingerprint density at radius 3 is 2.00 bits per heavy atom. The van der Waals surface area contributed by atoms with E-state index < -0.39 is 0 Å². The lowest BCUT2D eigenvalue weighted by Crippen LogP contribution is -2.15. The number of nitrogens with one attached hydrogen (secondary N) is 1. The normalized spacial score (nSPS) is 10.6. The summed E-state index contributed by atoms with van der Waals surface area (Å²) in [5, 5.41) is 9.13. The maximum absolute atomic E-state index is 12.7. The molecule has 0 aliphatic carbocycles. The highest BCUT2D eigenvalue weighted by atomic mass is 35.5. The molecule has 2 aromatic carbocycles. The SMILES string of the molecule is COc1cc(C(=O)CC(=N)[C](C)c2ccc(Cl)c(Cl)c2)cc(OC)c1OC. The number of ketones is 1. The third-order valence-electron chi connectivity index (χ3n) is 4.13. The van der Waals surface area contributed by atoms with Crippen LogP contribution in [0, 0.1) is 11.3 Å². The molecule has 0 spiro atoms. The molecule has 2 rings (SSSR count). The average molecular weight is 409 g/mol. The Morgan fingerprint density at radius 1 is 0.926 bits per heavy atom. The van der Waals surface area contributed by atoms with Crippen LogP contribution >= 0.6 is 23.2 Å². The second kappa shape index (κ2) is 9.11. The van der Waals surface area contributed by atoms with Gasteiger partial charge in [0.15, 0.2) is 17.3 Å². The lowest BCUT2D eigenvalue weighted by Gasteiger charge is -2.15. The molecule has 143 valence electrons. The molecule has 2 aromatic rings. The van der Waals surface area contributed by atoms with Crippen LogP contribution in [0.2, 0.25) is 10.0 Å². The second-order valence-corrected chi connectivity index (χ2v) is 6.56. The minimum atomic E-state index is -0.237. The monoisotopic (exact) mass is 408 g/mol. The Balaban J connectivity index is 2.23. The van der Waals surface area contributed by atoms with Gasteiger partial charge in [0.1, 0.15) is 0 Å². The number of hydrogen-bond acceptors (Lipinski definition) is 5. The number of rotatable bonds is 8. The van der Waals surface area contributed by atoms with Crippen LogP contribution in [0.5, 0.6) is 17.2 Å². The number of carbonyl (C=O) groups is 1. The third kappa shape index (κ3) is 4.73. The third-order valence-corrected chi connectivity index (χ3v) is 4.87. The molecule has 7 heteroatoms. The number of ether oxygens (including phenoxy) is 3. The standard InChI is InChI=1S/C20H20Cl2NO4/c1-11(12-5-6-14(21)15(22)7-12)16(23)10-17(24)13-8-18(25-2)20(27-4)19(9-13)26-3/h5-9,23H,10H2,1-4H3. The van der Waals surface area contributed by atoms with E-state index in [1.165, 1.54) is 21.3 Å². The first-order valence-corrected chi connectivity index (χ1v) is 8.77. The quantitative estimate of drug-likeness (QED) is 0.477. The summed E-state index contributed by atoms with van der Waals surface area (Å²) in [6.07, 6.45) is -0.0787. The van der Waals surface area contributed by atoms with Crippen molar-refractivity contribution in [3.63, 3.8) is 0 Å². The first-order valence-electron chi connectivity index (χ1n) is 8.02. The summed E-state index contributed by atoms with van der Waals surface area (Å²) >= 11 is 12.0. The van der Waals surface area contributed by atoms with Crippen molar-refractivity contribution >= 4 is 34.7 Å². The van der Waals surface area contributed by atoms with Gasteiger partial charge in [0.25, 0.3) is 0 Å². The van der Waals surface area contributed by atoms with Gasteiger partial charge in [-0.2, -0.15) is 0 Å². The molecule has 0 amide bonds. The Hall–Kier alpha value is -2.24. The zero-order chi connectivity index (χ0) is 20.1. The van der Waals surface area contributed by atoms with Gasteiger partial charge in [-0.15, -0.1) is 0 Å². The maximum atomic E-state index is 12.7. The predicted molar refractivity (Wildman–Crippen MR) is 107 cm³/mol. The van der Waals surface area contributed by atoms with E-state index in [4.69, 9.17) is 42.8 Å². The van der Waals surface area contributed by atoms with Crippen molar-refractivity contribution in [3.8, 4) is 17.2 Å². The van der Waals surface area contributed by atoms with Crippen LogP contribution in [0.4, 0.5) is 0 Å². The molecule has 0 atom stereocenters. The summed E-state index contributed by atoms with van der Waals surface area (Å²) in [5.74, 6) is 1.59. The molecule has 0 aliphatic rings. The Labute approximate surface area is 168 Å². The van der Waals surface area contributed by atoms with E-state index >= 15 is 0 Å². The van der Waals surface area contributed by atoms with Gasteiger partial charge < -0.3 is 19.6 Å². The van der Waals surface area contributed by atoms with Gasteiger partial charge in [0.2, 0.25) is 5.75 Å². The first-order chi connectivity index (χ1) is 12.8. The van der Waals surface area contributed by atoms with Crippen LogP contribution in [0.3, 0.4) is 0 Å². The largest absolute Gasteiger partial charge is 0.493 e. The van der Waals surface area contributed by atoms with E-state index in [2.05, 4.69) is 0 Å². The fraction of sp³-hybridized carbons (Fsp3) is 0.250. The number of methoxy groups -OCH3 is 3. The zero-order valence-electron chi connectivity index (χ0n) is 15.5. The van der Waals surface area contributed by atoms with Gasteiger partial charge >= 0.3 is 0 Å². The van der Waals surface area contributed by atoms with Crippen LogP contribution in [0.1, 0.15) is 29.3 Å². The molecule has 1 N–H and O–H groups in total. The molecule has 5 nitrogen and oxygen atoms in total. The van der Waals surface area contributed by atoms with Crippen molar-refractivity contribution in [1.82, 2.24) is 0 Å². The molecular formula is C20H20Cl2NO4. The van der Waals surface area contributed by atoms with Crippen LogP contribution in [-0.4, -0.2) is 32.8 Å². The minimum absolute atomic E-state index is 0.0787. The number of hydrogen-bond donors (Lipinski definition) is 1. The number of Topliss-reactive ketones (excluding diaryl/α,β-unsaturated/α-hetero) is 1. The van der Waals surface area contributed by atoms with E-state index in [0.717, 1.165) is 5.56 Å². The molecule has 0 saturated carbocycles. The van der Waals surface area contributed by atoms with Gasteiger partial charge in [0.05, 0.1) is 31.4 Å². The average Bonchev–Trinajstić information content (AvgIpc) is 2.67. The Bertz CT molecular complexity index is 842. The maximum Gasteiger partial charge on any atom is 0.203 e. The van der Waals surface area contributed by atoms with Crippen LogP contribution < -0.4 is 14.2 Å². The van der Waals surface area contributed by atoms with E-state index in [1.54, 1.807) is 37.3 Å². The van der Waals surface area contributed by atoms with Crippen molar-refractivity contribution in [2.75, 3.05) is 21.3 Å². The molecular weight excluding hydrogens is 389 g/mol. The summed E-state index contributed by atoms with van der Waals surface area (Å²) in [7, 11) is 4.46. The summed E-state index contributed by atoms with van der Waals surface area (Å²) < 4.78 is 15.8. The zero-order valence-corrected chi connectivity index (χ0v) is 17.0. The molecule has 1 radical (unpaired) electrons. The van der Waals surface area contributed by atoms with E-state index in [1.807, 2.05) is 0 Å². The van der Waals surface area contributed by atoms with E-state index in [0.29, 0.717) is 38.8 Å². The summed E-state index contributed by atoms with van der Waals surface area (Å²) in [6.45, 7) is 1.77. The summed E-state index contributed by atoms with van der Waals surface area (Å²) in [6, 6.07) is 8.26. The Kier molecular flexibility index (Phi) is 7.11. The molecule has 0 aliphatic heterocycles.